The molecule has 2 spiro atoms. The van der Waals surface area contributed by atoms with Gasteiger partial charge in [0, 0.05) is 12.7 Å². The molecule has 1 aliphatic heterocycles. The summed E-state index contributed by atoms with van der Waals surface area (Å²) in [5.41, 5.74) is 1.73. The molecule has 0 aromatic rings. The Morgan fingerprint density at radius 3 is 2.33 bits per heavy atom. The Kier molecular flexibility index (Phi) is 3.47. The van der Waals surface area contributed by atoms with Crippen molar-refractivity contribution in [2.24, 2.45) is 20.8 Å². The third-order valence-electron chi connectivity index (χ3n) is 5.93. The zero-order valence-electron chi connectivity index (χ0n) is 12.8. The molecule has 1 amide bonds. The van der Waals surface area contributed by atoms with Gasteiger partial charge >= 0.3 is 0 Å². The molecular formula is C16H22ClN3O. The molecule has 3 aliphatic rings. The summed E-state index contributed by atoms with van der Waals surface area (Å²) < 4.78 is 0. The van der Waals surface area contributed by atoms with Gasteiger partial charge in [0.1, 0.15) is 0 Å². The lowest BCUT2D eigenvalue weighted by molar-refractivity contribution is -0.138. The van der Waals surface area contributed by atoms with Crippen molar-refractivity contribution in [2.75, 3.05) is 7.05 Å². The largest absolute Gasteiger partial charge is 0.317 e. The smallest absolute Gasteiger partial charge is 0.238 e. The Morgan fingerprint density at radius 1 is 1.24 bits per heavy atom. The summed E-state index contributed by atoms with van der Waals surface area (Å²) in [5, 5.41) is 0.121. The third-order valence-corrected chi connectivity index (χ3v) is 6.13. The van der Waals surface area contributed by atoms with Gasteiger partial charge in [-0.3, -0.25) is 4.79 Å². The predicted molar refractivity (Wildman–Crippen MR) is 85.5 cm³/mol. The van der Waals surface area contributed by atoms with E-state index in [9.17, 15) is 4.79 Å². The van der Waals surface area contributed by atoms with E-state index in [-0.39, 0.29) is 11.2 Å². The first kappa shape index (κ1) is 14.8. The molecule has 2 aliphatic carbocycles. The fraction of sp³-hybridized carbons (Fsp3) is 0.688. The maximum Gasteiger partial charge on any atom is 0.238 e. The van der Waals surface area contributed by atoms with Gasteiger partial charge in [0.2, 0.25) is 11.2 Å². The zero-order valence-corrected chi connectivity index (χ0v) is 13.5. The van der Waals surface area contributed by atoms with Crippen molar-refractivity contribution in [1.82, 2.24) is 4.90 Å². The highest BCUT2D eigenvalue weighted by Crippen LogP contribution is 2.60. The number of hydrogen-bond donors (Lipinski definition) is 0. The summed E-state index contributed by atoms with van der Waals surface area (Å²) in [7, 11) is 1.82. The van der Waals surface area contributed by atoms with Crippen molar-refractivity contribution in [3.8, 4) is 0 Å². The number of carbonyl (C=O) groups is 1. The van der Waals surface area contributed by atoms with Crippen LogP contribution >= 0.6 is 11.6 Å². The Hall–Kier alpha value is -1.16. The van der Waals surface area contributed by atoms with Crippen LogP contribution in [0, 0.1) is 10.8 Å². The van der Waals surface area contributed by atoms with E-state index in [4.69, 9.17) is 11.6 Å². The van der Waals surface area contributed by atoms with Gasteiger partial charge in [-0.05, 0) is 69.2 Å². The molecule has 0 radical (unpaired) electrons. The lowest BCUT2D eigenvalue weighted by Gasteiger charge is -2.49. The molecule has 0 N–H and O–H groups in total. The summed E-state index contributed by atoms with van der Waals surface area (Å²) >= 11 is 5.96. The maximum absolute atomic E-state index is 12.8. The summed E-state index contributed by atoms with van der Waals surface area (Å²) in [6.45, 7) is 5.35. The third kappa shape index (κ3) is 2.07. The molecule has 21 heavy (non-hydrogen) atoms. The highest BCUT2D eigenvalue weighted by Gasteiger charge is 2.55. The first-order valence-corrected chi connectivity index (χ1v) is 8.02. The van der Waals surface area contributed by atoms with E-state index in [0.29, 0.717) is 5.41 Å². The molecule has 3 rings (SSSR count). The lowest BCUT2D eigenvalue weighted by Crippen LogP contribution is -2.43. The second kappa shape index (κ2) is 4.94. The Balaban J connectivity index is 1.95. The summed E-state index contributed by atoms with van der Waals surface area (Å²) in [6, 6.07) is 0. The molecule has 0 atom stereocenters. The fourth-order valence-corrected chi connectivity index (χ4v) is 4.31. The highest BCUT2D eigenvalue weighted by molar-refractivity contribution is 6.65. The number of nitrogens with zero attached hydrogens (tertiary/aromatic N) is 3. The van der Waals surface area contributed by atoms with Crippen molar-refractivity contribution in [2.45, 2.75) is 51.9 Å². The van der Waals surface area contributed by atoms with Crippen LogP contribution in [0.25, 0.3) is 0 Å². The van der Waals surface area contributed by atoms with Crippen LogP contribution in [-0.2, 0) is 4.79 Å². The van der Waals surface area contributed by atoms with Crippen molar-refractivity contribution in [3.05, 3.63) is 11.4 Å². The number of hydrogen-bond acceptors (Lipinski definition) is 2. The van der Waals surface area contributed by atoms with Crippen molar-refractivity contribution < 1.29 is 4.79 Å². The normalized spacial score (nSPS) is 27.5. The van der Waals surface area contributed by atoms with Gasteiger partial charge in [-0.15, -0.1) is 0 Å². The molecule has 114 valence electrons. The lowest BCUT2D eigenvalue weighted by atomic mass is 9.55. The van der Waals surface area contributed by atoms with Crippen LogP contribution in [0.1, 0.15) is 51.9 Å². The van der Waals surface area contributed by atoms with E-state index in [0.717, 1.165) is 37.1 Å². The standard InChI is InChI=1S/C16H22ClN3O/c1-11-12(19-14(17)18-2)16(13(21)20(11)3)9-7-15(8-10-16)5-4-6-15/h2,4-10H2,1,3H3/b19-14-. The zero-order chi connectivity index (χ0) is 15.3. The average molecular weight is 308 g/mol. The van der Waals surface area contributed by atoms with Gasteiger partial charge in [-0.1, -0.05) is 6.42 Å². The van der Waals surface area contributed by atoms with Crippen LogP contribution in [-0.4, -0.2) is 29.9 Å². The quantitative estimate of drug-likeness (QED) is 0.414. The van der Waals surface area contributed by atoms with E-state index in [1.807, 2.05) is 14.0 Å². The Bertz CT molecular complexity index is 550. The highest BCUT2D eigenvalue weighted by atomic mass is 35.5. The van der Waals surface area contributed by atoms with E-state index < -0.39 is 5.41 Å². The minimum absolute atomic E-state index is 0.121. The summed E-state index contributed by atoms with van der Waals surface area (Å²) in [6.07, 6.45) is 8.00. The van der Waals surface area contributed by atoms with Gasteiger partial charge in [-0.25, -0.2) is 9.98 Å². The first-order chi connectivity index (χ1) is 9.94. The van der Waals surface area contributed by atoms with Crippen LogP contribution in [0.5, 0.6) is 0 Å². The second-order valence-electron chi connectivity index (χ2n) is 6.77. The number of allylic oxidation sites excluding steroid dienone is 1. The number of amidine groups is 1. The maximum atomic E-state index is 12.8. The Labute approximate surface area is 131 Å². The van der Waals surface area contributed by atoms with Crippen molar-refractivity contribution in [1.29, 1.82) is 0 Å². The molecule has 4 nitrogen and oxygen atoms in total. The average Bonchev–Trinajstić information content (AvgIpc) is 2.63. The number of aliphatic imine (C=N–C) groups is 2. The first-order valence-electron chi connectivity index (χ1n) is 7.65. The number of amides is 1. The molecule has 0 saturated heterocycles. The molecule has 1 heterocycles. The topological polar surface area (TPSA) is 45.0 Å². The molecular weight excluding hydrogens is 286 g/mol. The molecule has 2 saturated carbocycles. The summed E-state index contributed by atoms with van der Waals surface area (Å²) in [5.74, 6) is 0.168. The number of halogens is 1. The van der Waals surface area contributed by atoms with Crippen molar-refractivity contribution >= 4 is 29.5 Å². The van der Waals surface area contributed by atoms with Gasteiger partial charge < -0.3 is 4.90 Å². The van der Waals surface area contributed by atoms with E-state index in [1.54, 1.807) is 4.90 Å². The van der Waals surface area contributed by atoms with Crippen molar-refractivity contribution in [3.63, 3.8) is 0 Å². The van der Waals surface area contributed by atoms with Crippen LogP contribution in [0.2, 0.25) is 0 Å². The van der Waals surface area contributed by atoms with Crippen LogP contribution in [0.4, 0.5) is 0 Å². The van der Waals surface area contributed by atoms with Gasteiger partial charge in [0.15, 0.2) is 0 Å². The van der Waals surface area contributed by atoms with Crippen LogP contribution in [0.3, 0.4) is 0 Å². The monoisotopic (exact) mass is 307 g/mol. The van der Waals surface area contributed by atoms with E-state index >= 15 is 0 Å². The SMILES string of the molecule is C=N/C(Cl)=N\C1=C(C)N(C)C(=O)C12CCC1(CCC1)CC2. The molecule has 0 bridgehead atoms. The molecule has 0 aromatic heterocycles. The van der Waals surface area contributed by atoms with E-state index in [1.165, 1.54) is 19.3 Å². The van der Waals surface area contributed by atoms with Gasteiger partial charge in [-0.2, -0.15) is 0 Å². The fourth-order valence-electron chi connectivity index (χ4n) is 4.23. The summed E-state index contributed by atoms with van der Waals surface area (Å²) in [4.78, 5) is 22.6. The van der Waals surface area contributed by atoms with Gasteiger partial charge in [0.25, 0.3) is 0 Å². The Morgan fingerprint density at radius 2 is 1.86 bits per heavy atom. The van der Waals surface area contributed by atoms with Gasteiger partial charge in [0.05, 0.1) is 11.1 Å². The molecule has 0 aromatic carbocycles. The van der Waals surface area contributed by atoms with Crippen LogP contribution in [0.15, 0.2) is 21.4 Å². The number of carbonyl (C=O) groups excluding carboxylic acids is 1. The van der Waals surface area contributed by atoms with E-state index in [2.05, 4.69) is 16.7 Å². The molecule has 0 unspecified atom stereocenters. The minimum Gasteiger partial charge on any atom is -0.317 e. The number of rotatable bonds is 1. The minimum atomic E-state index is -0.482. The van der Waals surface area contributed by atoms with Crippen LogP contribution < -0.4 is 0 Å². The molecule has 2 fully saturated rings. The predicted octanol–water partition coefficient (Wildman–Crippen LogP) is 3.72. The molecule has 5 heteroatoms. The second-order valence-corrected chi connectivity index (χ2v) is 7.11.